The molecule has 102 valence electrons. The van der Waals surface area contributed by atoms with E-state index in [0.29, 0.717) is 17.4 Å². The molecule has 1 aromatic heterocycles. The Bertz CT molecular complexity index is 735. The van der Waals surface area contributed by atoms with Crippen LogP contribution in [0.1, 0.15) is 6.42 Å². The van der Waals surface area contributed by atoms with Crippen LogP contribution in [0.4, 0.5) is 0 Å². The van der Waals surface area contributed by atoms with E-state index in [0.717, 1.165) is 0 Å². The van der Waals surface area contributed by atoms with Gasteiger partial charge in [-0.05, 0) is 30.7 Å². The molecule has 0 atom stereocenters. The fourth-order valence-electron chi connectivity index (χ4n) is 1.59. The molecule has 2 aromatic rings. The van der Waals surface area contributed by atoms with Gasteiger partial charge in [-0.25, -0.2) is 17.9 Å². The fourth-order valence-corrected chi connectivity index (χ4v) is 2.70. The van der Waals surface area contributed by atoms with Crippen molar-refractivity contribution in [1.82, 2.24) is 4.72 Å². The summed E-state index contributed by atoms with van der Waals surface area (Å²) < 4.78 is 31.2. The monoisotopic (exact) mass is 283 g/mol. The zero-order valence-corrected chi connectivity index (χ0v) is 10.8. The van der Waals surface area contributed by atoms with E-state index in [1.807, 2.05) is 0 Å². The van der Waals surface area contributed by atoms with E-state index in [2.05, 4.69) is 4.72 Å². The highest BCUT2D eigenvalue weighted by Crippen LogP contribution is 2.17. The lowest BCUT2D eigenvalue weighted by Gasteiger charge is -2.06. The van der Waals surface area contributed by atoms with Gasteiger partial charge in [-0.1, -0.05) is 0 Å². The third-order valence-electron chi connectivity index (χ3n) is 2.53. The van der Waals surface area contributed by atoms with E-state index in [4.69, 9.17) is 9.52 Å². The number of fused-ring (bicyclic) bond motifs is 1. The van der Waals surface area contributed by atoms with Crippen molar-refractivity contribution in [1.29, 1.82) is 0 Å². The van der Waals surface area contributed by atoms with Gasteiger partial charge in [0.2, 0.25) is 10.0 Å². The Morgan fingerprint density at radius 2 is 2.00 bits per heavy atom. The Balaban J connectivity index is 2.35. The van der Waals surface area contributed by atoms with Gasteiger partial charge in [0.25, 0.3) is 0 Å². The summed E-state index contributed by atoms with van der Waals surface area (Å²) in [6.07, 6.45) is 0.349. The molecular formula is C12H13NO5S. The van der Waals surface area contributed by atoms with Crippen molar-refractivity contribution < 1.29 is 17.9 Å². The Morgan fingerprint density at radius 1 is 1.21 bits per heavy atom. The summed E-state index contributed by atoms with van der Waals surface area (Å²) in [4.78, 5) is 11.1. The van der Waals surface area contributed by atoms with Crippen LogP contribution in [0.2, 0.25) is 0 Å². The molecule has 0 radical (unpaired) electrons. The van der Waals surface area contributed by atoms with Crippen molar-refractivity contribution in [3.8, 4) is 0 Å². The number of rotatable bonds is 5. The molecule has 0 aliphatic heterocycles. The second-order valence-electron chi connectivity index (χ2n) is 3.93. The SMILES string of the molecule is O=c1ccc2cc(S(=O)(=O)NCCCO)ccc2o1. The smallest absolute Gasteiger partial charge is 0.336 e. The molecule has 2 N–H and O–H groups in total. The summed E-state index contributed by atoms with van der Waals surface area (Å²) in [7, 11) is -3.62. The van der Waals surface area contributed by atoms with Gasteiger partial charge in [-0.2, -0.15) is 0 Å². The molecule has 0 saturated carbocycles. The van der Waals surface area contributed by atoms with Gasteiger partial charge >= 0.3 is 5.63 Å². The first-order chi connectivity index (χ1) is 9.03. The summed E-state index contributed by atoms with van der Waals surface area (Å²) in [5.41, 5.74) is -0.147. The van der Waals surface area contributed by atoms with Crippen molar-refractivity contribution in [3.63, 3.8) is 0 Å². The predicted octanol–water partition coefficient (Wildman–Crippen LogP) is 0.454. The summed E-state index contributed by atoms with van der Waals surface area (Å²) in [5.74, 6) is 0. The second kappa shape index (κ2) is 5.52. The lowest BCUT2D eigenvalue weighted by molar-refractivity contribution is 0.289. The summed E-state index contributed by atoms with van der Waals surface area (Å²) in [6.45, 7) is 0.0894. The average Bonchev–Trinajstić information content (AvgIpc) is 2.38. The number of nitrogens with one attached hydrogen (secondary N) is 1. The third kappa shape index (κ3) is 3.19. The lowest BCUT2D eigenvalue weighted by Crippen LogP contribution is -2.25. The van der Waals surface area contributed by atoms with Gasteiger partial charge < -0.3 is 9.52 Å². The highest BCUT2D eigenvalue weighted by Gasteiger charge is 2.14. The standard InChI is InChI=1S/C12H13NO5S/c14-7-1-6-13-19(16,17)10-3-4-11-9(8-10)2-5-12(15)18-11/h2-5,8,13-14H,1,6-7H2. The number of aliphatic hydroxyl groups excluding tert-OH is 1. The van der Waals surface area contributed by atoms with Crippen molar-refractivity contribution in [2.75, 3.05) is 13.2 Å². The highest BCUT2D eigenvalue weighted by molar-refractivity contribution is 7.89. The van der Waals surface area contributed by atoms with Crippen LogP contribution in [0.15, 0.2) is 44.4 Å². The summed E-state index contributed by atoms with van der Waals surface area (Å²) in [6, 6.07) is 6.98. The number of aliphatic hydroxyl groups is 1. The zero-order chi connectivity index (χ0) is 13.9. The molecule has 19 heavy (non-hydrogen) atoms. The average molecular weight is 283 g/mol. The quantitative estimate of drug-likeness (QED) is 0.613. The van der Waals surface area contributed by atoms with E-state index < -0.39 is 15.6 Å². The molecule has 0 saturated heterocycles. The molecule has 0 fully saturated rings. The van der Waals surface area contributed by atoms with Crippen molar-refractivity contribution in [2.45, 2.75) is 11.3 Å². The van der Waals surface area contributed by atoms with E-state index in [1.165, 1.54) is 30.3 Å². The zero-order valence-electron chi connectivity index (χ0n) is 10.00. The van der Waals surface area contributed by atoms with Crippen LogP contribution < -0.4 is 10.3 Å². The maximum absolute atomic E-state index is 11.9. The third-order valence-corrected chi connectivity index (χ3v) is 3.99. The van der Waals surface area contributed by atoms with Crippen molar-refractivity contribution in [3.05, 3.63) is 40.8 Å². The Labute approximate surface area is 109 Å². The van der Waals surface area contributed by atoms with Crippen molar-refractivity contribution in [2.24, 2.45) is 0 Å². The van der Waals surface area contributed by atoms with Gasteiger partial charge in [-0.15, -0.1) is 0 Å². The van der Waals surface area contributed by atoms with Gasteiger partial charge in [0.1, 0.15) is 5.58 Å². The molecule has 0 aliphatic carbocycles. The van der Waals surface area contributed by atoms with E-state index in [1.54, 1.807) is 0 Å². The lowest BCUT2D eigenvalue weighted by atomic mass is 10.2. The molecule has 1 aromatic carbocycles. The molecule has 0 unspecified atom stereocenters. The molecule has 0 spiro atoms. The topological polar surface area (TPSA) is 96.6 Å². The Morgan fingerprint density at radius 3 is 2.74 bits per heavy atom. The van der Waals surface area contributed by atoms with Crippen LogP contribution in [-0.4, -0.2) is 26.7 Å². The first kappa shape index (κ1) is 13.7. The maximum Gasteiger partial charge on any atom is 0.336 e. The van der Waals surface area contributed by atoms with Crippen LogP contribution >= 0.6 is 0 Å². The molecule has 6 nitrogen and oxygen atoms in total. The normalized spacial score (nSPS) is 11.8. The van der Waals surface area contributed by atoms with Crippen LogP contribution in [0.25, 0.3) is 11.0 Å². The first-order valence-corrected chi connectivity index (χ1v) is 7.16. The molecule has 0 amide bonds. The number of hydrogen-bond donors (Lipinski definition) is 2. The largest absolute Gasteiger partial charge is 0.423 e. The van der Waals surface area contributed by atoms with E-state index in [9.17, 15) is 13.2 Å². The molecule has 0 bridgehead atoms. The molecular weight excluding hydrogens is 270 g/mol. The minimum Gasteiger partial charge on any atom is -0.423 e. The van der Waals surface area contributed by atoms with Gasteiger partial charge in [0.15, 0.2) is 0 Å². The van der Waals surface area contributed by atoms with Crippen molar-refractivity contribution >= 4 is 21.0 Å². The summed E-state index contributed by atoms with van der Waals surface area (Å²) >= 11 is 0. The Kier molecular flexibility index (Phi) is 3.98. The number of benzene rings is 1. The predicted molar refractivity (Wildman–Crippen MR) is 69.4 cm³/mol. The van der Waals surface area contributed by atoms with E-state index >= 15 is 0 Å². The second-order valence-corrected chi connectivity index (χ2v) is 5.70. The Hall–Kier alpha value is -1.70. The van der Waals surface area contributed by atoms with Crippen LogP contribution in [0, 0.1) is 0 Å². The fraction of sp³-hybridized carbons (Fsp3) is 0.250. The molecule has 0 aliphatic rings. The minimum atomic E-state index is -3.62. The van der Waals surface area contributed by atoms with Gasteiger partial charge in [-0.3, -0.25) is 0 Å². The summed E-state index contributed by atoms with van der Waals surface area (Å²) in [5, 5.41) is 9.16. The number of sulfonamides is 1. The molecule has 7 heteroatoms. The van der Waals surface area contributed by atoms with Gasteiger partial charge in [0.05, 0.1) is 4.90 Å². The highest BCUT2D eigenvalue weighted by atomic mass is 32.2. The van der Waals surface area contributed by atoms with E-state index in [-0.39, 0.29) is 18.0 Å². The first-order valence-electron chi connectivity index (χ1n) is 5.67. The number of hydrogen-bond acceptors (Lipinski definition) is 5. The maximum atomic E-state index is 11.9. The van der Waals surface area contributed by atoms with Gasteiger partial charge in [0, 0.05) is 24.6 Å². The minimum absolute atomic E-state index is 0.0780. The van der Waals surface area contributed by atoms with Crippen LogP contribution in [-0.2, 0) is 10.0 Å². The molecule has 1 heterocycles. The molecule has 2 rings (SSSR count). The van der Waals surface area contributed by atoms with Crippen LogP contribution in [0.5, 0.6) is 0 Å². The van der Waals surface area contributed by atoms with Crippen LogP contribution in [0.3, 0.4) is 0 Å².